The molecule has 8 aromatic carbocycles. The van der Waals surface area contributed by atoms with Gasteiger partial charge in [0.2, 0.25) is 0 Å². The molecule has 5 nitrogen and oxygen atoms in total. The SMILES string of the molecule is C/C=C\C(=C/C)c1cccc(-c2nc(-c3ccccc3)nc(-c3cccc(-c4ccc5c(c4)Oc4cc6c(cc4O5)C(c4ccccc4)(c4ccccc4)c4ccccc4-6)c3)n2)c1. The van der Waals surface area contributed by atoms with E-state index in [0.29, 0.717) is 40.5 Å². The molecule has 0 saturated carbocycles. The van der Waals surface area contributed by atoms with E-state index in [2.05, 4.69) is 177 Å². The minimum atomic E-state index is -0.532. The van der Waals surface area contributed by atoms with Crippen molar-refractivity contribution in [3.05, 3.63) is 240 Å². The van der Waals surface area contributed by atoms with Crippen molar-refractivity contribution in [2.75, 3.05) is 0 Å². The molecule has 2 aliphatic rings. The molecule has 0 atom stereocenters. The lowest BCUT2D eigenvalue weighted by Crippen LogP contribution is -2.28. The first-order valence-electron chi connectivity index (χ1n) is 21.3. The van der Waals surface area contributed by atoms with Crippen LogP contribution in [0.2, 0.25) is 0 Å². The third-order valence-electron chi connectivity index (χ3n) is 12.1. The minimum Gasteiger partial charge on any atom is -0.450 e. The van der Waals surface area contributed by atoms with E-state index in [1.54, 1.807) is 0 Å². The van der Waals surface area contributed by atoms with Gasteiger partial charge in [-0.25, -0.2) is 15.0 Å². The molecule has 1 aliphatic carbocycles. The second kappa shape index (κ2) is 15.7. The molecule has 1 aliphatic heterocycles. The highest BCUT2D eigenvalue weighted by molar-refractivity contribution is 5.88. The van der Waals surface area contributed by atoms with Crippen molar-refractivity contribution in [2.45, 2.75) is 19.3 Å². The average Bonchev–Trinajstić information content (AvgIpc) is 3.64. The number of hydrogen-bond donors (Lipinski definition) is 0. The van der Waals surface area contributed by atoms with Crippen molar-refractivity contribution in [1.29, 1.82) is 0 Å². The van der Waals surface area contributed by atoms with Crippen LogP contribution in [0.5, 0.6) is 23.0 Å². The van der Waals surface area contributed by atoms with E-state index < -0.39 is 5.41 Å². The molecule has 0 radical (unpaired) electrons. The van der Waals surface area contributed by atoms with Crippen LogP contribution in [-0.4, -0.2) is 15.0 Å². The molecule has 63 heavy (non-hydrogen) atoms. The molecule has 0 fully saturated rings. The summed E-state index contributed by atoms with van der Waals surface area (Å²) in [5.41, 5.74) is 13.5. The Labute approximate surface area is 367 Å². The minimum absolute atomic E-state index is 0.532. The van der Waals surface area contributed by atoms with Crippen LogP contribution >= 0.6 is 0 Å². The molecule has 11 rings (SSSR count). The van der Waals surface area contributed by atoms with Gasteiger partial charge < -0.3 is 9.47 Å². The molecule has 0 amide bonds. The Morgan fingerprint density at radius 1 is 0.413 bits per heavy atom. The second-order valence-electron chi connectivity index (χ2n) is 15.8. The zero-order valence-electron chi connectivity index (χ0n) is 34.9. The number of nitrogens with zero attached hydrogens (tertiary/aromatic N) is 3. The Bertz CT molecular complexity index is 3210. The summed E-state index contributed by atoms with van der Waals surface area (Å²) in [6, 6.07) is 67.5. The molecule has 0 N–H and O–H groups in total. The number of fused-ring (bicyclic) bond motifs is 5. The lowest BCUT2D eigenvalue weighted by Gasteiger charge is -2.34. The standard InChI is InChI=1S/C58H41N3O2/c1-3-18-38(4-2)40-21-16-23-43(33-40)56-59-55(39-19-8-5-9-20-39)60-57(61-56)44-24-17-22-41(34-44)42-31-32-51-52(35-42)63-53-36-48-47-29-14-15-30-49(47)58(45-25-10-6-11-26-45,46-27-12-7-13-28-46)50(48)37-54(53)62-51/h3-37H,1-2H3/b18-3-,38-4+. The molecular formula is C58H41N3O2. The molecule has 5 heteroatoms. The fourth-order valence-electron chi connectivity index (χ4n) is 9.26. The fraction of sp³-hybridized carbons (Fsp3) is 0.0517. The summed E-state index contributed by atoms with van der Waals surface area (Å²) in [7, 11) is 0. The highest BCUT2D eigenvalue weighted by Crippen LogP contribution is 2.59. The lowest BCUT2D eigenvalue weighted by molar-refractivity contribution is 0.359. The van der Waals surface area contributed by atoms with Gasteiger partial charge in [0.05, 0.1) is 5.41 Å². The zero-order valence-corrected chi connectivity index (χ0v) is 34.9. The number of ether oxygens (including phenoxy) is 2. The van der Waals surface area contributed by atoms with Gasteiger partial charge in [0.1, 0.15) is 0 Å². The van der Waals surface area contributed by atoms with Gasteiger partial charge in [-0.05, 0) is 106 Å². The van der Waals surface area contributed by atoms with Gasteiger partial charge in [-0.1, -0.05) is 176 Å². The summed E-state index contributed by atoms with van der Waals surface area (Å²) >= 11 is 0. The van der Waals surface area contributed by atoms with Crippen LogP contribution in [0.25, 0.3) is 62.0 Å². The average molecular weight is 812 g/mol. The summed E-state index contributed by atoms with van der Waals surface area (Å²) < 4.78 is 13.5. The first-order valence-corrected chi connectivity index (χ1v) is 21.3. The highest BCUT2D eigenvalue weighted by Gasteiger charge is 2.47. The van der Waals surface area contributed by atoms with Crippen LogP contribution in [0, 0.1) is 0 Å². The number of aromatic nitrogens is 3. The number of allylic oxidation sites excluding steroid dienone is 4. The maximum atomic E-state index is 6.79. The molecule has 0 bridgehead atoms. The van der Waals surface area contributed by atoms with Gasteiger partial charge in [0.25, 0.3) is 0 Å². The van der Waals surface area contributed by atoms with Gasteiger partial charge >= 0.3 is 0 Å². The third-order valence-corrected chi connectivity index (χ3v) is 12.1. The van der Waals surface area contributed by atoms with Crippen LogP contribution in [0.3, 0.4) is 0 Å². The number of rotatable bonds is 8. The first-order chi connectivity index (χ1) is 31.1. The van der Waals surface area contributed by atoms with E-state index in [0.717, 1.165) is 44.5 Å². The molecule has 0 unspecified atom stereocenters. The topological polar surface area (TPSA) is 57.1 Å². The zero-order chi connectivity index (χ0) is 42.3. The van der Waals surface area contributed by atoms with Crippen LogP contribution in [0.15, 0.2) is 212 Å². The highest BCUT2D eigenvalue weighted by atomic mass is 16.6. The van der Waals surface area contributed by atoms with Crippen molar-refractivity contribution < 1.29 is 9.47 Å². The number of hydrogen-bond acceptors (Lipinski definition) is 5. The fourth-order valence-corrected chi connectivity index (χ4v) is 9.26. The first kappa shape index (κ1) is 37.8. The van der Waals surface area contributed by atoms with Crippen LogP contribution < -0.4 is 9.47 Å². The van der Waals surface area contributed by atoms with Gasteiger partial charge in [-0.2, -0.15) is 0 Å². The number of benzene rings is 8. The van der Waals surface area contributed by atoms with Crippen LogP contribution in [0.4, 0.5) is 0 Å². The lowest BCUT2D eigenvalue weighted by atomic mass is 9.67. The molecular weight excluding hydrogens is 771 g/mol. The summed E-state index contributed by atoms with van der Waals surface area (Å²) in [5.74, 6) is 4.50. The van der Waals surface area contributed by atoms with E-state index in [-0.39, 0.29) is 0 Å². The van der Waals surface area contributed by atoms with Gasteiger partial charge in [0, 0.05) is 16.7 Å². The molecule has 2 heterocycles. The Morgan fingerprint density at radius 2 is 0.952 bits per heavy atom. The van der Waals surface area contributed by atoms with Crippen molar-refractivity contribution in [3.8, 4) is 79.4 Å². The molecule has 0 saturated heterocycles. The summed E-state index contributed by atoms with van der Waals surface area (Å²) in [6.07, 6.45) is 6.28. The molecule has 1 aromatic heterocycles. The predicted molar refractivity (Wildman–Crippen MR) is 254 cm³/mol. The van der Waals surface area contributed by atoms with Gasteiger partial charge in [-0.3, -0.25) is 0 Å². The van der Waals surface area contributed by atoms with Gasteiger partial charge in [-0.15, -0.1) is 0 Å². The molecule has 0 spiro atoms. The maximum absolute atomic E-state index is 6.79. The smallest absolute Gasteiger partial charge is 0.170 e. The van der Waals surface area contributed by atoms with E-state index in [4.69, 9.17) is 24.4 Å². The van der Waals surface area contributed by atoms with Crippen molar-refractivity contribution in [3.63, 3.8) is 0 Å². The predicted octanol–water partition coefficient (Wildman–Crippen LogP) is 14.8. The summed E-state index contributed by atoms with van der Waals surface area (Å²) in [6.45, 7) is 4.08. The van der Waals surface area contributed by atoms with E-state index in [1.165, 1.54) is 27.8 Å². The van der Waals surface area contributed by atoms with E-state index in [1.807, 2.05) is 49.4 Å². The second-order valence-corrected chi connectivity index (χ2v) is 15.8. The van der Waals surface area contributed by atoms with Gasteiger partial charge in [0.15, 0.2) is 40.5 Å². The Kier molecular flexibility index (Phi) is 9.43. The van der Waals surface area contributed by atoms with E-state index in [9.17, 15) is 0 Å². The largest absolute Gasteiger partial charge is 0.450 e. The summed E-state index contributed by atoms with van der Waals surface area (Å²) in [5, 5.41) is 0. The third kappa shape index (κ3) is 6.53. The molecule has 9 aromatic rings. The van der Waals surface area contributed by atoms with E-state index >= 15 is 0 Å². The Morgan fingerprint density at radius 3 is 1.65 bits per heavy atom. The maximum Gasteiger partial charge on any atom is 0.170 e. The van der Waals surface area contributed by atoms with Crippen molar-refractivity contribution >= 4 is 5.57 Å². The van der Waals surface area contributed by atoms with Crippen LogP contribution in [0.1, 0.15) is 41.7 Å². The normalized spacial score (nSPS) is 13.3. The Balaban J connectivity index is 0.969. The monoisotopic (exact) mass is 811 g/mol. The van der Waals surface area contributed by atoms with Crippen molar-refractivity contribution in [2.24, 2.45) is 0 Å². The molecule has 300 valence electrons. The van der Waals surface area contributed by atoms with Crippen LogP contribution in [-0.2, 0) is 5.41 Å². The quantitative estimate of drug-likeness (QED) is 0.143. The summed E-state index contributed by atoms with van der Waals surface area (Å²) in [4.78, 5) is 15.1. The van der Waals surface area contributed by atoms with Crippen molar-refractivity contribution in [1.82, 2.24) is 15.0 Å². The Hall–Kier alpha value is -8.15.